The second-order valence-electron chi connectivity index (χ2n) is 3.89. The van der Waals surface area contributed by atoms with Gasteiger partial charge in [0, 0.05) is 5.56 Å². The molecule has 2 N–H and O–H groups in total. The van der Waals surface area contributed by atoms with E-state index >= 15 is 0 Å². The maximum Gasteiger partial charge on any atom is 0.397 e. The molecule has 0 spiro atoms. The molecule has 1 atom stereocenters. The maximum atomic E-state index is 11.7. The zero-order valence-electron chi connectivity index (χ0n) is 11.1. The van der Waals surface area contributed by atoms with Crippen LogP contribution in [0, 0.1) is 6.92 Å². The van der Waals surface area contributed by atoms with Crippen LogP contribution in [0.1, 0.15) is 15.9 Å². The normalized spacial score (nSPS) is 12.9. The molecule has 21 heavy (non-hydrogen) atoms. The number of hydrogen-bond donors (Lipinski definition) is 2. The van der Waals surface area contributed by atoms with Gasteiger partial charge in [-0.2, -0.15) is 8.42 Å². The Morgan fingerprint density at radius 2 is 1.90 bits per heavy atom. The molecule has 0 aliphatic carbocycles. The van der Waals surface area contributed by atoms with Crippen molar-refractivity contribution in [3.63, 3.8) is 0 Å². The highest BCUT2D eigenvalue weighted by molar-refractivity contribution is 7.81. The summed E-state index contributed by atoms with van der Waals surface area (Å²) in [5.74, 6) is -0.653. The minimum absolute atomic E-state index is 0.251. The fourth-order valence-corrected chi connectivity index (χ4v) is 2.10. The Morgan fingerprint density at radius 1 is 1.29 bits per heavy atom. The van der Waals surface area contributed by atoms with Crippen molar-refractivity contribution in [2.45, 2.75) is 6.92 Å². The SMILES string of the molecule is Cc1ccc(C(=O)NCS(=O)OCCOS(=O)(=O)O)cc1. The first-order valence-electron chi connectivity index (χ1n) is 5.76. The third kappa shape index (κ3) is 7.87. The van der Waals surface area contributed by atoms with Crippen molar-refractivity contribution >= 4 is 27.4 Å². The lowest BCUT2D eigenvalue weighted by Crippen LogP contribution is -2.28. The average Bonchev–Trinajstić information content (AvgIpc) is 2.41. The lowest BCUT2D eigenvalue weighted by Gasteiger charge is -2.06. The summed E-state index contributed by atoms with van der Waals surface area (Å²) in [5, 5.41) is 2.40. The van der Waals surface area contributed by atoms with Crippen LogP contribution in [0.4, 0.5) is 0 Å². The Morgan fingerprint density at radius 3 is 2.48 bits per heavy atom. The summed E-state index contributed by atoms with van der Waals surface area (Å²) >= 11 is -1.84. The molecule has 0 aliphatic heterocycles. The lowest BCUT2D eigenvalue weighted by atomic mass is 10.1. The minimum Gasteiger partial charge on any atom is -0.338 e. The lowest BCUT2D eigenvalue weighted by molar-refractivity contribution is 0.0959. The van der Waals surface area contributed by atoms with Gasteiger partial charge < -0.3 is 5.32 Å². The van der Waals surface area contributed by atoms with Gasteiger partial charge in [-0.3, -0.25) is 13.5 Å². The van der Waals surface area contributed by atoms with Gasteiger partial charge in [0.05, 0.1) is 13.2 Å². The van der Waals surface area contributed by atoms with Crippen LogP contribution in [0.15, 0.2) is 24.3 Å². The first-order valence-corrected chi connectivity index (χ1v) is 8.37. The molecule has 0 fully saturated rings. The highest BCUT2D eigenvalue weighted by Crippen LogP contribution is 2.02. The molecular weight excluding hydrogens is 322 g/mol. The molecule has 0 bridgehead atoms. The first-order chi connectivity index (χ1) is 9.78. The minimum atomic E-state index is -4.54. The Labute approximate surface area is 125 Å². The van der Waals surface area contributed by atoms with Gasteiger partial charge in [-0.05, 0) is 19.1 Å². The first kappa shape index (κ1) is 17.7. The van der Waals surface area contributed by atoms with E-state index in [0.717, 1.165) is 5.56 Å². The van der Waals surface area contributed by atoms with Gasteiger partial charge in [0.2, 0.25) is 0 Å². The molecule has 1 rings (SSSR count). The second-order valence-corrected chi connectivity index (χ2v) is 6.11. The smallest absolute Gasteiger partial charge is 0.338 e. The van der Waals surface area contributed by atoms with Crippen molar-refractivity contribution in [2.24, 2.45) is 0 Å². The summed E-state index contributed by atoms with van der Waals surface area (Å²) in [6.45, 7) is 1.10. The molecule has 0 saturated heterocycles. The molecule has 1 aromatic rings. The molecule has 0 aromatic heterocycles. The number of amides is 1. The number of rotatable bonds is 8. The van der Waals surface area contributed by atoms with E-state index in [2.05, 4.69) is 9.50 Å². The quantitative estimate of drug-likeness (QED) is 0.513. The van der Waals surface area contributed by atoms with Gasteiger partial charge in [-0.15, -0.1) is 0 Å². The summed E-state index contributed by atoms with van der Waals surface area (Å²) in [4.78, 5) is 11.7. The molecule has 10 heteroatoms. The van der Waals surface area contributed by atoms with E-state index in [4.69, 9.17) is 8.74 Å². The molecular formula is C11H15NO7S2. The van der Waals surface area contributed by atoms with Gasteiger partial charge in [0.15, 0.2) is 11.1 Å². The van der Waals surface area contributed by atoms with Crippen LogP contribution in [-0.2, 0) is 29.8 Å². The Hall–Kier alpha value is -1.33. The van der Waals surface area contributed by atoms with Crippen LogP contribution in [-0.4, -0.2) is 42.2 Å². The molecule has 0 aliphatic rings. The summed E-state index contributed by atoms with van der Waals surface area (Å²) < 4.78 is 48.7. The van der Waals surface area contributed by atoms with E-state index in [1.165, 1.54) is 0 Å². The number of benzene rings is 1. The van der Waals surface area contributed by atoms with Crippen LogP contribution in [0.25, 0.3) is 0 Å². The van der Waals surface area contributed by atoms with Gasteiger partial charge in [0.1, 0.15) is 5.88 Å². The third-order valence-electron chi connectivity index (χ3n) is 2.19. The molecule has 1 amide bonds. The van der Waals surface area contributed by atoms with Crippen LogP contribution in [0.5, 0.6) is 0 Å². The zero-order chi connectivity index (χ0) is 15.9. The fraction of sp³-hybridized carbons (Fsp3) is 0.364. The van der Waals surface area contributed by atoms with E-state index in [9.17, 15) is 17.4 Å². The summed E-state index contributed by atoms with van der Waals surface area (Å²) in [7, 11) is -4.54. The van der Waals surface area contributed by atoms with Crippen molar-refractivity contribution < 1.29 is 30.3 Å². The number of carbonyl (C=O) groups is 1. The molecule has 118 valence electrons. The number of hydrogen-bond acceptors (Lipinski definition) is 6. The Bertz CT molecular complexity index is 598. The van der Waals surface area contributed by atoms with Crippen LogP contribution >= 0.6 is 0 Å². The topological polar surface area (TPSA) is 119 Å². The highest BCUT2D eigenvalue weighted by atomic mass is 32.3. The fourth-order valence-electron chi connectivity index (χ4n) is 1.24. The number of aryl methyl sites for hydroxylation is 1. The van der Waals surface area contributed by atoms with Gasteiger partial charge in [0.25, 0.3) is 5.91 Å². The van der Waals surface area contributed by atoms with Crippen molar-refractivity contribution in [3.05, 3.63) is 35.4 Å². The standard InChI is InChI=1S/C11H15NO7S2/c1-9-2-4-10(5-3-9)11(13)12-8-20(14)18-6-7-19-21(15,16)17/h2-5H,6-8H2,1H3,(H,12,13)(H,15,16,17). The van der Waals surface area contributed by atoms with E-state index in [-0.39, 0.29) is 12.5 Å². The van der Waals surface area contributed by atoms with Crippen LogP contribution in [0.2, 0.25) is 0 Å². The molecule has 0 radical (unpaired) electrons. The van der Waals surface area contributed by atoms with Crippen molar-refractivity contribution in [1.82, 2.24) is 5.32 Å². The third-order valence-corrected chi connectivity index (χ3v) is 3.47. The molecule has 1 aromatic carbocycles. The van der Waals surface area contributed by atoms with Gasteiger partial charge >= 0.3 is 10.4 Å². The summed E-state index contributed by atoms with van der Waals surface area (Å²) in [5.41, 5.74) is 1.43. The number of nitrogens with one attached hydrogen (secondary N) is 1. The Balaban J connectivity index is 2.26. The average molecular weight is 337 g/mol. The van der Waals surface area contributed by atoms with Crippen LogP contribution in [0.3, 0.4) is 0 Å². The maximum absolute atomic E-state index is 11.7. The summed E-state index contributed by atoms with van der Waals surface area (Å²) in [6, 6.07) is 6.81. The largest absolute Gasteiger partial charge is 0.397 e. The van der Waals surface area contributed by atoms with Gasteiger partial charge in [-0.25, -0.2) is 8.39 Å². The predicted octanol–water partition coefficient (Wildman–Crippen LogP) is 0.182. The van der Waals surface area contributed by atoms with Crippen molar-refractivity contribution in [2.75, 3.05) is 19.1 Å². The second kappa shape index (κ2) is 8.20. The monoisotopic (exact) mass is 337 g/mol. The van der Waals surface area contributed by atoms with E-state index < -0.39 is 34.0 Å². The number of carbonyl (C=O) groups excluding carboxylic acids is 1. The van der Waals surface area contributed by atoms with E-state index in [0.29, 0.717) is 5.56 Å². The molecule has 0 heterocycles. The van der Waals surface area contributed by atoms with Crippen LogP contribution < -0.4 is 5.32 Å². The Kier molecular flexibility index (Phi) is 6.92. The van der Waals surface area contributed by atoms with Crippen molar-refractivity contribution in [3.8, 4) is 0 Å². The van der Waals surface area contributed by atoms with E-state index in [1.54, 1.807) is 24.3 Å². The van der Waals surface area contributed by atoms with Gasteiger partial charge in [-0.1, -0.05) is 17.7 Å². The molecule has 1 unspecified atom stereocenters. The molecule has 0 saturated carbocycles. The van der Waals surface area contributed by atoms with Crippen molar-refractivity contribution in [1.29, 1.82) is 0 Å². The zero-order valence-corrected chi connectivity index (χ0v) is 12.8. The van der Waals surface area contributed by atoms with E-state index in [1.807, 2.05) is 6.92 Å². The highest BCUT2D eigenvalue weighted by Gasteiger charge is 2.08. The summed E-state index contributed by atoms with van der Waals surface area (Å²) in [6.07, 6.45) is 0. The molecule has 8 nitrogen and oxygen atoms in total. The predicted molar refractivity (Wildman–Crippen MR) is 75.1 cm³/mol.